The van der Waals surface area contributed by atoms with Gasteiger partial charge in [-0.1, -0.05) is 13.3 Å². The van der Waals surface area contributed by atoms with E-state index in [-0.39, 0.29) is 0 Å². The van der Waals surface area contributed by atoms with Crippen LogP contribution in [0.5, 0.6) is 0 Å². The van der Waals surface area contributed by atoms with E-state index in [2.05, 4.69) is 27.3 Å². The summed E-state index contributed by atoms with van der Waals surface area (Å²) in [5.41, 5.74) is 1.98. The monoisotopic (exact) mass is 233 g/mol. The first-order valence-electron chi connectivity index (χ1n) is 6.05. The number of hydrogen-bond donors (Lipinski definition) is 1. The number of fused-ring (bicyclic) bond motifs is 1. The van der Waals surface area contributed by atoms with Gasteiger partial charge in [-0.2, -0.15) is 5.10 Å². The first kappa shape index (κ1) is 12.0. The molecule has 0 saturated carbocycles. The fourth-order valence-electron chi connectivity index (χ4n) is 2.10. The fraction of sp³-hybridized carbons (Fsp3) is 0.583. The standard InChI is InChI=1S/C12H19N5/c1-4-5-9(13-2)6-11-10-7-16-17(3)12(10)15-8-14-11/h7-9,13H,4-6H2,1-3H3. The van der Waals surface area contributed by atoms with E-state index in [0.29, 0.717) is 6.04 Å². The minimum atomic E-state index is 0.471. The van der Waals surface area contributed by atoms with Gasteiger partial charge >= 0.3 is 0 Å². The first-order chi connectivity index (χ1) is 8.26. The Morgan fingerprint density at radius 1 is 1.41 bits per heavy atom. The van der Waals surface area contributed by atoms with Gasteiger partial charge < -0.3 is 5.32 Å². The summed E-state index contributed by atoms with van der Waals surface area (Å²) < 4.78 is 1.79. The molecule has 0 amide bonds. The van der Waals surface area contributed by atoms with Gasteiger partial charge in [0.15, 0.2) is 5.65 Å². The SMILES string of the molecule is CCCC(Cc1ncnc2c1cnn2C)NC. The molecule has 0 aliphatic heterocycles. The van der Waals surface area contributed by atoms with Crippen LogP contribution in [0.25, 0.3) is 11.0 Å². The Morgan fingerprint density at radius 3 is 2.94 bits per heavy atom. The Balaban J connectivity index is 2.29. The van der Waals surface area contributed by atoms with E-state index in [0.717, 1.165) is 29.6 Å². The number of aryl methyl sites for hydroxylation is 1. The maximum atomic E-state index is 4.39. The van der Waals surface area contributed by atoms with Crippen molar-refractivity contribution in [2.24, 2.45) is 7.05 Å². The second kappa shape index (κ2) is 5.23. The fourth-order valence-corrected chi connectivity index (χ4v) is 2.10. The molecular formula is C12H19N5. The van der Waals surface area contributed by atoms with Crippen LogP contribution in [-0.4, -0.2) is 32.8 Å². The zero-order chi connectivity index (χ0) is 12.3. The molecule has 0 radical (unpaired) electrons. The van der Waals surface area contributed by atoms with E-state index in [1.807, 2.05) is 20.3 Å². The number of hydrogen-bond acceptors (Lipinski definition) is 4. The summed E-state index contributed by atoms with van der Waals surface area (Å²) >= 11 is 0. The summed E-state index contributed by atoms with van der Waals surface area (Å²) in [6.45, 7) is 2.20. The summed E-state index contributed by atoms with van der Waals surface area (Å²) in [6, 6.07) is 0.471. The molecule has 1 atom stereocenters. The molecule has 0 aliphatic rings. The van der Waals surface area contributed by atoms with Gasteiger partial charge in [-0.05, 0) is 13.5 Å². The van der Waals surface area contributed by atoms with Gasteiger partial charge in [0.05, 0.1) is 17.3 Å². The lowest BCUT2D eigenvalue weighted by Crippen LogP contribution is -2.27. The van der Waals surface area contributed by atoms with Gasteiger partial charge in [-0.25, -0.2) is 9.97 Å². The second-order valence-corrected chi connectivity index (χ2v) is 4.30. The molecule has 2 heterocycles. The first-order valence-corrected chi connectivity index (χ1v) is 6.05. The van der Waals surface area contributed by atoms with Crippen LogP contribution in [0.15, 0.2) is 12.5 Å². The van der Waals surface area contributed by atoms with Crippen LogP contribution in [0.4, 0.5) is 0 Å². The quantitative estimate of drug-likeness (QED) is 0.845. The van der Waals surface area contributed by atoms with Crippen LogP contribution >= 0.6 is 0 Å². The van der Waals surface area contributed by atoms with Gasteiger partial charge in [-0.15, -0.1) is 0 Å². The van der Waals surface area contributed by atoms with Crippen molar-refractivity contribution >= 4 is 11.0 Å². The Morgan fingerprint density at radius 2 is 2.24 bits per heavy atom. The topological polar surface area (TPSA) is 55.6 Å². The number of nitrogens with zero attached hydrogens (tertiary/aromatic N) is 4. The molecule has 2 rings (SSSR count). The van der Waals surface area contributed by atoms with Crippen LogP contribution in [-0.2, 0) is 13.5 Å². The van der Waals surface area contributed by atoms with Gasteiger partial charge in [0.1, 0.15) is 6.33 Å². The molecule has 0 spiro atoms. The van der Waals surface area contributed by atoms with Crippen molar-refractivity contribution in [3.8, 4) is 0 Å². The Bertz CT molecular complexity index is 491. The zero-order valence-corrected chi connectivity index (χ0v) is 10.6. The summed E-state index contributed by atoms with van der Waals surface area (Å²) in [4.78, 5) is 8.64. The van der Waals surface area contributed by atoms with E-state index in [1.54, 1.807) is 11.0 Å². The second-order valence-electron chi connectivity index (χ2n) is 4.30. The third-order valence-corrected chi connectivity index (χ3v) is 3.10. The van der Waals surface area contributed by atoms with Gasteiger partial charge in [0, 0.05) is 19.5 Å². The van der Waals surface area contributed by atoms with Crippen LogP contribution in [0.2, 0.25) is 0 Å². The molecular weight excluding hydrogens is 214 g/mol. The summed E-state index contributed by atoms with van der Waals surface area (Å²) in [7, 11) is 3.91. The molecule has 5 heteroatoms. The highest BCUT2D eigenvalue weighted by Crippen LogP contribution is 2.15. The molecule has 17 heavy (non-hydrogen) atoms. The molecule has 0 aliphatic carbocycles. The van der Waals surface area contributed by atoms with E-state index < -0.39 is 0 Å². The van der Waals surface area contributed by atoms with Crippen molar-refractivity contribution in [1.29, 1.82) is 0 Å². The van der Waals surface area contributed by atoms with Gasteiger partial charge in [0.25, 0.3) is 0 Å². The summed E-state index contributed by atoms with van der Waals surface area (Å²) in [6.07, 6.45) is 6.73. The number of rotatable bonds is 5. The van der Waals surface area contributed by atoms with Gasteiger partial charge in [0.2, 0.25) is 0 Å². The largest absolute Gasteiger partial charge is 0.317 e. The Kier molecular flexibility index (Phi) is 3.68. The van der Waals surface area contributed by atoms with E-state index in [1.165, 1.54) is 6.42 Å². The number of nitrogens with one attached hydrogen (secondary N) is 1. The highest BCUT2D eigenvalue weighted by atomic mass is 15.3. The minimum Gasteiger partial charge on any atom is -0.317 e. The lowest BCUT2D eigenvalue weighted by molar-refractivity contribution is 0.510. The summed E-state index contributed by atoms with van der Waals surface area (Å²) in [5, 5.41) is 8.63. The third-order valence-electron chi connectivity index (χ3n) is 3.10. The molecule has 2 aromatic rings. The Hall–Kier alpha value is -1.49. The minimum absolute atomic E-state index is 0.471. The van der Waals surface area contributed by atoms with E-state index >= 15 is 0 Å². The van der Waals surface area contributed by atoms with Crippen LogP contribution in [0.1, 0.15) is 25.5 Å². The normalized spacial score (nSPS) is 13.1. The lowest BCUT2D eigenvalue weighted by Gasteiger charge is -2.14. The molecule has 0 aromatic carbocycles. The van der Waals surface area contributed by atoms with Crippen molar-refractivity contribution in [1.82, 2.24) is 25.1 Å². The average Bonchev–Trinajstić information content (AvgIpc) is 2.72. The maximum absolute atomic E-state index is 4.39. The van der Waals surface area contributed by atoms with E-state index in [9.17, 15) is 0 Å². The predicted octanol–water partition coefficient (Wildman–Crippen LogP) is 1.29. The highest BCUT2D eigenvalue weighted by molar-refractivity contribution is 5.76. The van der Waals surface area contributed by atoms with Crippen molar-refractivity contribution < 1.29 is 0 Å². The molecule has 1 N–H and O–H groups in total. The average molecular weight is 233 g/mol. The Labute approximate surface area is 101 Å². The predicted molar refractivity (Wildman–Crippen MR) is 67.8 cm³/mol. The van der Waals surface area contributed by atoms with Crippen molar-refractivity contribution in [2.45, 2.75) is 32.2 Å². The van der Waals surface area contributed by atoms with Crippen molar-refractivity contribution in [3.63, 3.8) is 0 Å². The molecule has 2 aromatic heterocycles. The molecule has 1 unspecified atom stereocenters. The molecule has 0 fully saturated rings. The van der Waals surface area contributed by atoms with Crippen molar-refractivity contribution in [2.75, 3.05) is 7.05 Å². The highest BCUT2D eigenvalue weighted by Gasteiger charge is 2.12. The van der Waals surface area contributed by atoms with Crippen LogP contribution in [0, 0.1) is 0 Å². The lowest BCUT2D eigenvalue weighted by atomic mass is 10.1. The molecule has 0 bridgehead atoms. The van der Waals surface area contributed by atoms with E-state index in [4.69, 9.17) is 0 Å². The number of aromatic nitrogens is 4. The molecule has 0 saturated heterocycles. The molecule has 5 nitrogen and oxygen atoms in total. The van der Waals surface area contributed by atoms with Crippen LogP contribution < -0.4 is 5.32 Å². The zero-order valence-electron chi connectivity index (χ0n) is 10.6. The smallest absolute Gasteiger partial charge is 0.161 e. The number of likely N-dealkylation sites (N-methyl/N-ethyl adjacent to an activating group) is 1. The summed E-state index contributed by atoms with van der Waals surface area (Å²) in [5.74, 6) is 0. The maximum Gasteiger partial charge on any atom is 0.161 e. The van der Waals surface area contributed by atoms with Crippen molar-refractivity contribution in [3.05, 3.63) is 18.2 Å². The molecule has 92 valence electrons. The third kappa shape index (κ3) is 2.44. The van der Waals surface area contributed by atoms with Gasteiger partial charge in [-0.3, -0.25) is 4.68 Å². The van der Waals surface area contributed by atoms with Crippen LogP contribution in [0.3, 0.4) is 0 Å².